The Morgan fingerprint density at radius 3 is 2.80 bits per heavy atom. The van der Waals surface area contributed by atoms with Gasteiger partial charge in [-0.05, 0) is 26.0 Å². The topological polar surface area (TPSA) is 25.2 Å². The number of nitrogens with zero attached hydrogens (tertiary/aromatic N) is 1. The molecule has 2 heteroatoms. The molecule has 1 aromatic rings. The van der Waals surface area contributed by atoms with Crippen LogP contribution in [0.4, 0.5) is 0 Å². The summed E-state index contributed by atoms with van der Waals surface area (Å²) in [6.07, 6.45) is 1.98. The maximum absolute atomic E-state index is 8.81. The van der Waals surface area contributed by atoms with Crippen LogP contribution in [0.15, 0.2) is 18.3 Å². The molecule has 1 atom stereocenters. The zero-order valence-corrected chi connectivity index (χ0v) is 6.41. The molecule has 1 rings (SSSR count). The van der Waals surface area contributed by atoms with E-state index in [0.29, 0.717) is 0 Å². The van der Waals surface area contributed by atoms with E-state index in [1.54, 1.807) is 0 Å². The van der Waals surface area contributed by atoms with Gasteiger partial charge in [0, 0.05) is 11.9 Å². The minimum atomic E-state index is 0.204. The molecule has 0 fully saturated rings. The van der Waals surface area contributed by atoms with Gasteiger partial charge in [0.1, 0.15) is 0 Å². The van der Waals surface area contributed by atoms with E-state index in [0.717, 1.165) is 0 Å². The highest BCUT2D eigenvalue weighted by atomic mass is 16.3. The maximum Gasteiger partial charge on any atom is 0.0636 e. The predicted molar refractivity (Wildman–Crippen MR) is 41.0 cm³/mol. The molecule has 0 amide bonds. The quantitative estimate of drug-likeness (QED) is 0.657. The zero-order chi connectivity index (χ0) is 7.56. The van der Waals surface area contributed by atoms with Crippen LogP contribution in [0.3, 0.4) is 0 Å². The van der Waals surface area contributed by atoms with Gasteiger partial charge < -0.3 is 9.67 Å². The molecule has 0 saturated heterocycles. The molecule has 0 saturated carbocycles. The first-order chi connectivity index (χ1) is 4.75. The van der Waals surface area contributed by atoms with Crippen molar-refractivity contribution in [2.75, 3.05) is 6.61 Å². The third-order valence-corrected chi connectivity index (χ3v) is 1.73. The van der Waals surface area contributed by atoms with E-state index in [1.165, 1.54) is 5.69 Å². The molecular formula is C8H13NO. The lowest BCUT2D eigenvalue weighted by Gasteiger charge is -2.11. The Bertz CT molecular complexity index is 205. The fourth-order valence-corrected chi connectivity index (χ4v) is 1.06. The molecule has 0 radical (unpaired) electrons. The van der Waals surface area contributed by atoms with Crippen molar-refractivity contribution in [1.29, 1.82) is 0 Å². The number of hydrogen-bond acceptors (Lipinski definition) is 1. The van der Waals surface area contributed by atoms with E-state index in [1.807, 2.05) is 32.2 Å². The van der Waals surface area contributed by atoms with Crippen molar-refractivity contribution in [2.45, 2.75) is 19.9 Å². The van der Waals surface area contributed by atoms with E-state index in [2.05, 4.69) is 4.57 Å². The molecule has 0 aliphatic heterocycles. The fourth-order valence-electron chi connectivity index (χ4n) is 1.06. The van der Waals surface area contributed by atoms with E-state index in [-0.39, 0.29) is 12.6 Å². The minimum Gasteiger partial charge on any atom is -0.394 e. The summed E-state index contributed by atoms with van der Waals surface area (Å²) in [5.74, 6) is 0. The van der Waals surface area contributed by atoms with Crippen LogP contribution in [-0.2, 0) is 0 Å². The van der Waals surface area contributed by atoms with Gasteiger partial charge >= 0.3 is 0 Å². The largest absolute Gasteiger partial charge is 0.394 e. The maximum atomic E-state index is 8.81. The Hall–Kier alpha value is -0.760. The Morgan fingerprint density at radius 2 is 2.40 bits per heavy atom. The number of aromatic nitrogens is 1. The van der Waals surface area contributed by atoms with Gasteiger partial charge in [-0.1, -0.05) is 0 Å². The van der Waals surface area contributed by atoms with E-state index in [4.69, 9.17) is 5.11 Å². The normalized spacial score (nSPS) is 13.5. The number of aryl methyl sites for hydroxylation is 1. The lowest BCUT2D eigenvalue weighted by atomic mass is 10.3. The lowest BCUT2D eigenvalue weighted by Crippen LogP contribution is -2.08. The van der Waals surface area contributed by atoms with Crippen molar-refractivity contribution in [3.8, 4) is 0 Å². The summed E-state index contributed by atoms with van der Waals surface area (Å²) in [6.45, 7) is 4.23. The van der Waals surface area contributed by atoms with Gasteiger partial charge in [0.2, 0.25) is 0 Å². The van der Waals surface area contributed by atoms with Crippen molar-refractivity contribution in [3.63, 3.8) is 0 Å². The molecule has 1 N–H and O–H groups in total. The van der Waals surface area contributed by atoms with Gasteiger partial charge in [-0.25, -0.2) is 0 Å². The van der Waals surface area contributed by atoms with Crippen LogP contribution in [0.2, 0.25) is 0 Å². The third kappa shape index (κ3) is 1.21. The van der Waals surface area contributed by atoms with Gasteiger partial charge in [-0.15, -0.1) is 0 Å². The summed E-state index contributed by atoms with van der Waals surface area (Å²) in [4.78, 5) is 0. The highest BCUT2D eigenvalue weighted by Crippen LogP contribution is 2.08. The summed E-state index contributed by atoms with van der Waals surface area (Å²) in [6, 6.07) is 4.23. The highest BCUT2D eigenvalue weighted by molar-refractivity contribution is 5.05. The van der Waals surface area contributed by atoms with Gasteiger partial charge in [-0.2, -0.15) is 0 Å². The molecule has 0 spiro atoms. The third-order valence-electron chi connectivity index (χ3n) is 1.73. The van der Waals surface area contributed by atoms with Gasteiger partial charge in [0.05, 0.1) is 12.6 Å². The number of hydrogen-bond donors (Lipinski definition) is 1. The summed E-state index contributed by atoms with van der Waals surface area (Å²) >= 11 is 0. The van der Waals surface area contributed by atoms with E-state index in [9.17, 15) is 0 Å². The SMILES string of the molecule is Cc1cccn1[C@H](C)CO. The molecule has 0 aliphatic rings. The molecule has 0 aromatic carbocycles. The molecule has 1 aromatic heterocycles. The zero-order valence-electron chi connectivity index (χ0n) is 6.41. The molecule has 2 nitrogen and oxygen atoms in total. The number of aliphatic hydroxyl groups is 1. The Morgan fingerprint density at radius 1 is 1.70 bits per heavy atom. The monoisotopic (exact) mass is 139 g/mol. The molecule has 0 aliphatic carbocycles. The highest BCUT2D eigenvalue weighted by Gasteiger charge is 2.02. The fraction of sp³-hybridized carbons (Fsp3) is 0.500. The summed E-state index contributed by atoms with van der Waals surface area (Å²) in [5.41, 5.74) is 1.20. The van der Waals surface area contributed by atoms with Gasteiger partial charge in [0.25, 0.3) is 0 Å². The molecule has 0 bridgehead atoms. The van der Waals surface area contributed by atoms with Crippen LogP contribution in [0.1, 0.15) is 18.7 Å². The predicted octanol–water partition coefficient (Wildman–Crippen LogP) is 1.35. The van der Waals surface area contributed by atoms with Gasteiger partial charge in [0.15, 0.2) is 0 Å². The molecule has 56 valence electrons. The first-order valence-electron chi connectivity index (χ1n) is 3.50. The molecule has 0 unspecified atom stereocenters. The van der Waals surface area contributed by atoms with E-state index < -0.39 is 0 Å². The van der Waals surface area contributed by atoms with Crippen LogP contribution in [-0.4, -0.2) is 16.3 Å². The average Bonchev–Trinajstić information content (AvgIpc) is 2.34. The lowest BCUT2D eigenvalue weighted by molar-refractivity contribution is 0.237. The van der Waals surface area contributed by atoms with Crippen LogP contribution < -0.4 is 0 Å². The summed E-state index contributed by atoms with van der Waals surface area (Å²) < 4.78 is 2.06. The summed E-state index contributed by atoms with van der Waals surface area (Å²) in [7, 11) is 0. The average molecular weight is 139 g/mol. The number of aliphatic hydroxyl groups excluding tert-OH is 1. The van der Waals surface area contributed by atoms with Gasteiger partial charge in [-0.3, -0.25) is 0 Å². The van der Waals surface area contributed by atoms with Crippen LogP contribution in [0.25, 0.3) is 0 Å². The van der Waals surface area contributed by atoms with Crippen LogP contribution >= 0.6 is 0 Å². The van der Waals surface area contributed by atoms with Crippen molar-refractivity contribution in [2.24, 2.45) is 0 Å². The van der Waals surface area contributed by atoms with Crippen molar-refractivity contribution >= 4 is 0 Å². The van der Waals surface area contributed by atoms with Crippen molar-refractivity contribution in [3.05, 3.63) is 24.0 Å². The smallest absolute Gasteiger partial charge is 0.0636 e. The molecular weight excluding hydrogens is 126 g/mol. The molecule has 10 heavy (non-hydrogen) atoms. The van der Waals surface area contributed by atoms with Crippen LogP contribution in [0, 0.1) is 6.92 Å². The Kier molecular flexibility index (Phi) is 2.12. The first-order valence-corrected chi connectivity index (χ1v) is 3.50. The second-order valence-electron chi connectivity index (χ2n) is 2.59. The second kappa shape index (κ2) is 2.88. The van der Waals surface area contributed by atoms with Crippen molar-refractivity contribution < 1.29 is 5.11 Å². The first kappa shape index (κ1) is 7.35. The molecule has 1 heterocycles. The standard InChI is InChI=1S/C8H13NO/c1-7-4-3-5-9(7)8(2)6-10/h3-5,8,10H,6H2,1-2H3/t8-/m1/s1. The second-order valence-corrected chi connectivity index (χ2v) is 2.59. The Labute approximate surface area is 61.1 Å². The number of rotatable bonds is 2. The summed E-state index contributed by atoms with van der Waals surface area (Å²) in [5, 5.41) is 8.81. The minimum absolute atomic E-state index is 0.204. The van der Waals surface area contributed by atoms with Crippen LogP contribution in [0.5, 0.6) is 0 Å². The van der Waals surface area contributed by atoms with Crippen molar-refractivity contribution in [1.82, 2.24) is 4.57 Å². The van der Waals surface area contributed by atoms with E-state index >= 15 is 0 Å². The Balaban J connectivity index is 2.82.